The van der Waals surface area contributed by atoms with Crippen LogP contribution in [0.25, 0.3) is 0 Å². The van der Waals surface area contributed by atoms with Crippen LogP contribution in [0.15, 0.2) is 18.2 Å². The van der Waals surface area contributed by atoms with Crippen LogP contribution in [0.1, 0.15) is 25.0 Å². The molecule has 1 aliphatic rings. The van der Waals surface area contributed by atoms with Crippen LogP contribution in [0.5, 0.6) is 0 Å². The van der Waals surface area contributed by atoms with Crippen molar-refractivity contribution >= 4 is 11.9 Å². The van der Waals surface area contributed by atoms with Crippen LogP contribution >= 0.6 is 0 Å². The van der Waals surface area contributed by atoms with Gasteiger partial charge in [-0.3, -0.25) is 9.69 Å². The summed E-state index contributed by atoms with van der Waals surface area (Å²) < 4.78 is 13.2. The number of rotatable bonds is 3. The van der Waals surface area contributed by atoms with Gasteiger partial charge in [0.25, 0.3) is 5.91 Å². The number of nitrogens with one attached hydrogen (secondary N) is 1. The van der Waals surface area contributed by atoms with Crippen molar-refractivity contribution in [3.63, 3.8) is 0 Å². The first-order valence-electron chi connectivity index (χ1n) is 6.24. The monoisotopic (exact) mass is 275 g/mol. The van der Waals surface area contributed by atoms with Gasteiger partial charge in [-0.25, -0.2) is 9.18 Å². The number of benzene rings is 1. The van der Waals surface area contributed by atoms with Crippen LogP contribution in [-0.4, -0.2) is 22.9 Å². The number of carbonyl (C=O) groups excluding carboxylic acids is 2. The summed E-state index contributed by atoms with van der Waals surface area (Å²) in [6.45, 7) is 3.72. The van der Waals surface area contributed by atoms with Crippen LogP contribution in [-0.2, 0) is 11.3 Å². The highest BCUT2D eigenvalue weighted by molar-refractivity contribution is 6.04. The molecular weight excluding hydrogens is 261 g/mol. The third kappa shape index (κ3) is 2.48. The Labute approximate surface area is 116 Å². The molecule has 1 fully saturated rings. The molecule has 1 N–H and O–H groups in total. The van der Waals surface area contributed by atoms with Gasteiger partial charge >= 0.3 is 6.03 Å². The predicted molar refractivity (Wildman–Crippen MR) is 68.8 cm³/mol. The topological polar surface area (TPSA) is 73.2 Å². The van der Waals surface area contributed by atoms with Crippen molar-refractivity contribution in [1.29, 1.82) is 5.26 Å². The van der Waals surface area contributed by atoms with Crippen molar-refractivity contribution in [3.05, 3.63) is 35.1 Å². The second-order valence-electron chi connectivity index (χ2n) is 5.02. The maximum Gasteiger partial charge on any atom is 0.325 e. The molecular formula is C14H14FN3O2. The molecule has 0 aliphatic carbocycles. The first-order chi connectivity index (χ1) is 9.43. The Balaban J connectivity index is 2.20. The van der Waals surface area contributed by atoms with Crippen molar-refractivity contribution in [3.8, 4) is 6.07 Å². The van der Waals surface area contributed by atoms with E-state index in [-0.39, 0.29) is 23.9 Å². The maximum atomic E-state index is 13.2. The standard InChI is InChI=1S/C14H14FN3O2/c1-8(2)12-13(19)18(14(20)17-12)7-9-3-4-11(15)10(5-9)6-16/h3-5,8,12H,7H2,1-2H3,(H,17,20). The second kappa shape index (κ2) is 5.29. The van der Waals surface area contributed by atoms with Crippen molar-refractivity contribution in [1.82, 2.24) is 10.2 Å². The minimum absolute atomic E-state index is 0.000614. The van der Waals surface area contributed by atoms with Gasteiger partial charge in [-0.05, 0) is 23.6 Å². The number of urea groups is 1. The molecule has 1 saturated heterocycles. The molecule has 1 atom stereocenters. The van der Waals surface area contributed by atoms with E-state index in [1.54, 1.807) is 6.07 Å². The highest BCUT2D eigenvalue weighted by atomic mass is 19.1. The van der Waals surface area contributed by atoms with Gasteiger partial charge in [0.1, 0.15) is 17.9 Å². The third-order valence-electron chi connectivity index (χ3n) is 3.21. The number of hydrogen-bond donors (Lipinski definition) is 1. The largest absolute Gasteiger partial charge is 0.326 e. The molecule has 2 rings (SSSR count). The van der Waals surface area contributed by atoms with Crippen LogP contribution in [0.2, 0.25) is 0 Å². The molecule has 20 heavy (non-hydrogen) atoms. The Kier molecular flexibility index (Phi) is 3.70. The van der Waals surface area contributed by atoms with E-state index < -0.39 is 17.9 Å². The van der Waals surface area contributed by atoms with Crippen molar-refractivity contribution in [2.45, 2.75) is 26.4 Å². The molecule has 1 aliphatic heterocycles. The molecule has 0 bridgehead atoms. The normalized spacial score (nSPS) is 18.4. The summed E-state index contributed by atoms with van der Waals surface area (Å²) in [5.74, 6) is -0.916. The number of halogens is 1. The first-order valence-corrected chi connectivity index (χ1v) is 6.24. The number of hydrogen-bond acceptors (Lipinski definition) is 3. The van der Waals surface area contributed by atoms with Crippen molar-refractivity contribution in [2.24, 2.45) is 5.92 Å². The molecule has 5 nitrogen and oxygen atoms in total. The second-order valence-corrected chi connectivity index (χ2v) is 5.02. The number of nitriles is 1. The summed E-state index contributed by atoms with van der Waals surface area (Å²) in [4.78, 5) is 24.9. The van der Waals surface area contributed by atoms with E-state index >= 15 is 0 Å². The van der Waals surface area contributed by atoms with E-state index in [2.05, 4.69) is 5.32 Å². The Hall–Kier alpha value is -2.42. The molecule has 0 radical (unpaired) electrons. The maximum absolute atomic E-state index is 13.2. The fourth-order valence-electron chi connectivity index (χ4n) is 2.08. The number of carbonyl (C=O) groups is 2. The third-order valence-corrected chi connectivity index (χ3v) is 3.21. The predicted octanol–water partition coefficient (Wildman–Crippen LogP) is 1.77. The van der Waals surface area contributed by atoms with Crippen molar-refractivity contribution < 1.29 is 14.0 Å². The minimum Gasteiger partial charge on any atom is -0.326 e. The lowest BCUT2D eigenvalue weighted by Crippen LogP contribution is -2.34. The highest BCUT2D eigenvalue weighted by Gasteiger charge is 2.39. The van der Waals surface area contributed by atoms with E-state index in [4.69, 9.17) is 5.26 Å². The van der Waals surface area contributed by atoms with E-state index in [1.165, 1.54) is 12.1 Å². The Morgan fingerprint density at radius 3 is 2.70 bits per heavy atom. The van der Waals surface area contributed by atoms with Crippen LogP contribution in [0.4, 0.5) is 9.18 Å². The van der Waals surface area contributed by atoms with Gasteiger partial charge in [-0.2, -0.15) is 5.26 Å². The van der Waals surface area contributed by atoms with E-state index in [0.717, 1.165) is 11.0 Å². The average molecular weight is 275 g/mol. The summed E-state index contributed by atoms with van der Waals surface area (Å²) in [7, 11) is 0. The minimum atomic E-state index is -0.617. The van der Waals surface area contributed by atoms with Gasteiger partial charge in [0, 0.05) is 0 Å². The number of nitrogens with zero attached hydrogens (tertiary/aromatic N) is 2. The summed E-state index contributed by atoms with van der Waals surface area (Å²) in [6.07, 6.45) is 0. The molecule has 0 aromatic heterocycles. The van der Waals surface area contributed by atoms with Crippen molar-refractivity contribution in [2.75, 3.05) is 0 Å². The Morgan fingerprint density at radius 2 is 2.15 bits per heavy atom. The molecule has 1 unspecified atom stereocenters. The first kappa shape index (κ1) is 14.0. The summed E-state index contributed by atoms with van der Waals surface area (Å²) in [5, 5.41) is 11.4. The zero-order chi connectivity index (χ0) is 14.9. The van der Waals surface area contributed by atoms with E-state index in [9.17, 15) is 14.0 Å². The van der Waals surface area contributed by atoms with Gasteiger partial charge < -0.3 is 5.32 Å². The average Bonchev–Trinajstić information content (AvgIpc) is 2.69. The molecule has 104 valence electrons. The van der Waals surface area contributed by atoms with Gasteiger partial charge in [0.2, 0.25) is 0 Å². The SMILES string of the molecule is CC(C)C1NC(=O)N(Cc2ccc(F)c(C#N)c2)C1=O. The number of amides is 3. The lowest BCUT2D eigenvalue weighted by Gasteiger charge is -2.14. The summed E-state index contributed by atoms with van der Waals surface area (Å²) >= 11 is 0. The lowest BCUT2D eigenvalue weighted by molar-refractivity contribution is -0.128. The van der Waals surface area contributed by atoms with Gasteiger partial charge in [-0.1, -0.05) is 19.9 Å². The van der Waals surface area contributed by atoms with Crippen LogP contribution in [0, 0.1) is 23.1 Å². The number of imide groups is 1. The summed E-state index contributed by atoms with van der Waals surface area (Å²) in [6, 6.07) is 4.70. The van der Waals surface area contributed by atoms with Gasteiger partial charge in [0.05, 0.1) is 12.1 Å². The zero-order valence-electron chi connectivity index (χ0n) is 11.2. The van der Waals surface area contributed by atoms with Gasteiger partial charge in [-0.15, -0.1) is 0 Å². The molecule has 1 aromatic rings. The fourth-order valence-corrected chi connectivity index (χ4v) is 2.08. The van der Waals surface area contributed by atoms with Crippen LogP contribution in [0.3, 0.4) is 0 Å². The Bertz CT molecular complexity index is 607. The molecule has 0 saturated carbocycles. The molecule has 1 aromatic carbocycles. The summed E-state index contributed by atoms with van der Waals surface area (Å²) in [5.41, 5.74) is 0.436. The quantitative estimate of drug-likeness (QED) is 0.854. The smallest absolute Gasteiger partial charge is 0.325 e. The van der Waals surface area contributed by atoms with E-state index in [0.29, 0.717) is 5.56 Å². The molecule has 6 heteroatoms. The molecule has 0 spiro atoms. The molecule has 3 amide bonds. The fraction of sp³-hybridized carbons (Fsp3) is 0.357. The lowest BCUT2D eigenvalue weighted by atomic mass is 10.0. The zero-order valence-corrected chi connectivity index (χ0v) is 11.2. The van der Waals surface area contributed by atoms with E-state index in [1.807, 2.05) is 13.8 Å². The molecule has 1 heterocycles. The highest BCUT2D eigenvalue weighted by Crippen LogP contribution is 2.18. The van der Waals surface area contributed by atoms with Gasteiger partial charge in [0.15, 0.2) is 0 Å². The van der Waals surface area contributed by atoms with Crippen LogP contribution < -0.4 is 5.32 Å². The Morgan fingerprint density at radius 1 is 1.45 bits per heavy atom.